The first kappa shape index (κ1) is 25.8. The fraction of sp³-hybridized carbons (Fsp3) is 0.129. The molecule has 1 heterocycles. The molecule has 5 aromatic rings. The number of carbonyl (C=O) groups is 1. The average Bonchev–Trinajstić information content (AvgIpc) is 3.35. The molecule has 0 atom stereocenters. The Labute approximate surface area is 231 Å². The first-order valence-electron chi connectivity index (χ1n) is 12.3. The Morgan fingerprint density at radius 2 is 1.63 bits per heavy atom. The number of thioether (sulfide) groups is 1. The summed E-state index contributed by atoms with van der Waals surface area (Å²) in [5, 5.41) is 13.3. The Balaban J connectivity index is 1.36. The molecule has 1 aromatic heterocycles. The topological polar surface area (TPSA) is 59.8 Å². The van der Waals surface area contributed by atoms with Crippen LogP contribution in [0.25, 0.3) is 16.8 Å². The number of aryl methyl sites for hydroxylation is 2. The average molecular weight is 539 g/mol. The minimum Gasteiger partial charge on any atom is -0.345 e. The molecule has 0 unspecified atom stereocenters. The van der Waals surface area contributed by atoms with Crippen LogP contribution >= 0.6 is 23.4 Å². The second-order valence-corrected chi connectivity index (χ2v) is 10.4. The van der Waals surface area contributed by atoms with E-state index in [1.54, 1.807) is 11.8 Å². The first-order valence-corrected chi connectivity index (χ1v) is 13.7. The number of hydrogen-bond donors (Lipinski definition) is 1. The Morgan fingerprint density at radius 1 is 0.868 bits per heavy atom. The van der Waals surface area contributed by atoms with Gasteiger partial charge < -0.3 is 5.32 Å². The summed E-state index contributed by atoms with van der Waals surface area (Å²) in [7, 11) is 0. The lowest BCUT2D eigenvalue weighted by Crippen LogP contribution is -2.24. The van der Waals surface area contributed by atoms with E-state index in [0.717, 1.165) is 33.3 Å². The normalized spacial score (nSPS) is 10.9. The lowest BCUT2D eigenvalue weighted by Gasteiger charge is -2.14. The first-order chi connectivity index (χ1) is 18.5. The Kier molecular flexibility index (Phi) is 7.91. The van der Waals surface area contributed by atoms with E-state index in [2.05, 4.69) is 46.7 Å². The maximum Gasteiger partial charge on any atom is 0.251 e. The monoisotopic (exact) mass is 538 g/mol. The fourth-order valence-corrected chi connectivity index (χ4v) is 5.30. The summed E-state index contributed by atoms with van der Waals surface area (Å²) in [6.07, 6.45) is 0. The standard InChI is InChI=1S/C31H27ClN4OS/c1-21-7-6-8-23(17-21)20-38-31-35-34-29(36(31)28-18-27(32)16-11-22(28)2)19-33-30(37)26-14-12-25(13-15-26)24-9-4-3-5-10-24/h3-18H,19-20H2,1-2H3,(H,33,37). The Bertz CT molecular complexity index is 1570. The van der Waals surface area contributed by atoms with Gasteiger partial charge >= 0.3 is 0 Å². The zero-order valence-corrected chi connectivity index (χ0v) is 22.8. The molecule has 7 heteroatoms. The molecule has 38 heavy (non-hydrogen) atoms. The molecule has 0 aliphatic carbocycles. The van der Waals surface area contributed by atoms with E-state index < -0.39 is 0 Å². The smallest absolute Gasteiger partial charge is 0.251 e. The van der Waals surface area contributed by atoms with Crippen LogP contribution in [0.4, 0.5) is 0 Å². The quantitative estimate of drug-likeness (QED) is 0.209. The van der Waals surface area contributed by atoms with E-state index in [-0.39, 0.29) is 12.5 Å². The molecule has 0 fully saturated rings. The van der Waals surface area contributed by atoms with Gasteiger partial charge in [-0.1, -0.05) is 102 Å². The molecule has 5 rings (SSSR count). The fourth-order valence-electron chi connectivity index (χ4n) is 4.23. The van der Waals surface area contributed by atoms with Crippen LogP contribution in [-0.2, 0) is 12.3 Å². The molecular weight excluding hydrogens is 512 g/mol. The van der Waals surface area contributed by atoms with Crippen molar-refractivity contribution in [3.63, 3.8) is 0 Å². The van der Waals surface area contributed by atoms with Crippen LogP contribution in [0.2, 0.25) is 5.02 Å². The molecule has 0 spiro atoms. The maximum absolute atomic E-state index is 13.0. The van der Waals surface area contributed by atoms with E-state index >= 15 is 0 Å². The molecule has 0 saturated heterocycles. The molecule has 0 aliphatic rings. The number of carbonyl (C=O) groups excluding carboxylic acids is 1. The van der Waals surface area contributed by atoms with Gasteiger partial charge in [-0.3, -0.25) is 9.36 Å². The van der Waals surface area contributed by atoms with Crippen molar-refractivity contribution in [1.82, 2.24) is 20.1 Å². The Morgan fingerprint density at radius 3 is 2.39 bits per heavy atom. The third kappa shape index (κ3) is 5.98. The highest BCUT2D eigenvalue weighted by Crippen LogP contribution is 2.29. The van der Waals surface area contributed by atoms with Crippen LogP contribution in [0, 0.1) is 13.8 Å². The maximum atomic E-state index is 13.0. The third-order valence-corrected chi connectivity index (χ3v) is 7.46. The summed E-state index contributed by atoms with van der Waals surface area (Å²) in [5.41, 5.74) is 7.12. The molecule has 0 radical (unpaired) electrons. The molecule has 0 bridgehead atoms. The molecule has 1 N–H and O–H groups in total. The van der Waals surface area contributed by atoms with Gasteiger partial charge in [-0.25, -0.2) is 0 Å². The molecule has 0 saturated carbocycles. The Hall–Kier alpha value is -3.87. The summed E-state index contributed by atoms with van der Waals surface area (Å²) < 4.78 is 1.99. The lowest BCUT2D eigenvalue weighted by molar-refractivity contribution is 0.0949. The van der Waals surface area contributed by atoms with E-state index in [0.29, 0.717) is 16.4 Å². The molecular formula is C31H27ClN4OS. The minimum absolute atomic E-state index is 0.170. The van der Waals surface area contributed by atoms with Crippen molar-refractivity contribution in [2.75, 3.05) is 0 Å². The van der Waals surface area contributed by atoms with Gasteiger partial charge in [-0.2, -0.15) is 0 Å². The van der Waals surface area contributed by atoms with E-state index in [1.165, 1.54) is 11.1 Å². The van der Waals surface area contributed by atoms with Crippen LogP contribution in [0.15, 0.2) is 102 Å². The van der Waals surface area contributed by atoms with Crippen molar-refractivity contribution in [3.8, 4) is 16.8 Å². The number of nitrogens with zero attached hydrogens (tertiary/aromatic N) is 3. The number of aromatic nitrogens is 3. The molecule has 4 aromatic carbocycles. The van der Waals surface area contributed by atoms with Crippen LogP contribution in [0.5, 0.6) is 0 Å². The molecule has 0 aliphatic heterocycles. The highest BCUT2D eigenvalue weighted by atomic mass is 35.5. The number of rotatable bonds is 8. The van der Waals surface area contributed by atoms with Crippen LogP contribution in [-0.4, -0.2) is 20.7 Å². The van der Waals surface area contributed by atoms with Crippen molar-refractivity contribution >= 4 is 29.3 Å². The second-order valence-electron chi connectivity index (χ2n) is 9.07. The van der Waals surface area contributed by atoms with Gasteiger partial charge in [0.15, 0.2) is 11.0 Å². The van der Waals surface area contributed by atoms with Gasteiger partial charge in [0.25, 0.3) is 5.91 Å². The van der Waals surface area contributed by atoms with Gasteiger partial charge in [-0.15, -0.1) is 10.2 Å². The molecule has 190 valence electrons. The summed E-state index contributed by atoms with van der Waals surface area (Å²) in [5.74, 6) is 1.21. The number of amides is 1. The highest BCUT2D eigenvalue weighted by molar-refractivity contribution is 7.98. The van der Waals surface area contributed by atoms with Crippen molar-refractivity contribution < 1.29 is 4.79 Å². The van der Waals surface area contributed by atoms with Crippen LogP contribution < -0.4 is 5.32 Å². The zero-order valence-electron chi connectivity index (χ0n) is 21.2. The number of nitrogens with one attached hydrogen (secondary N) is 1. The van der Waals surface area contributed by atoms with E-state index in [4.69, 9.17) is 11.6 Å². The van der Waals surface area contributed by atoms with Crippen molar-refractivity contribution in [2.24, 2.45) is 0 Å². The SMILES string of the molecule is Cc1cccc(CSc2nnc(CNC(=O)c3ccc(-c4ccccc4)cc3)n2-c2cc(Cl)ccc2C)c1. The van der Waals surface area contributed by atoms with Gasteiger partial charge in [0.2, 0.25) is 0 Å². The van der Waals surface area contributed by atoms with Crippen molar-refractivity contribution in [2.45, 2.75) is 31.3 Å². The summed E-state index contributed by atoms with van der Waals surface area (Å²) in [6.45, 7) is 4.34. The van der Waals surface area contributed by atoms with E-state index in [9.17, 15) is 4.79 Å². The predicted octanol–water partition coefficient (Wildman–Crippen LogP) is 7.43. The number of hydrogen-bond acceptors (Lipinski definition) is 4. The zero-order chi connectivity index (χ0) is 26.5. The summed E-state index contributed by atoms with van der Waals surface area (Å²) in [4.78, 5) is 13.0. The molecule has 1 amide bonds. The number of halogens is 1. The third-order valence-electron chi connectivity index (χ3n) is 6.22. The van der Waals surface area contributed by atoms with Crippen molar-refractivity contribution in [1.29, 1.82) is 0 Å². The van der Waals surface area contributed by atoms with Crippen molar-refractivity contribution in [3.05, 3.63) is 130 Å². The predicted molar refractivity (Wildman–Crippen MR) is 155 cm³/mol. The summed E-state index contributed by atoms with van der Waals surface area (Å²) in [6, 6.07) is 31.9. The van der Waals surface area contributed by atoms with Gasteiger partial charge in [0, 0.05) is 16.3 Å². The summed E-state index contributed by atoms with van der Waals surface area (Å²) >= 11 is 7.97. The number of benzene rings is 4. The highest BCUT2D eigenvalue weighted by Gasteiger charge is 2.18. The van der Waals surface area contributed by atoms with Crippen LogP contribution in [0.3, 0.4) is 0 Å². The minimum atomic E-state index is -0.170. The largest absolute Gasteiger partial charge is 0.345 e. The second kappa shape index (κ2) is 11.7. The molecule has 5 nitrogen and oxygen atoms in total. The van der Waals surface area contributed by atoms with Crippen LogP contribution in [0.1, 0.15) is 32.9 Å². The lowest BCUT2D eigenvalue weighted by atomic mass is 10.0. The van der Waals surface area contributed by atoms with E-state index in [1.807, 2.05) is 84.3 Å². The van der Waals surface area contributed by atoms with Gasteiger partial charge in [-0.05, 0) is 60.4 Å². The van der Waals surface area contributed by atoms with Gasteiger partial charge in [0.05, 0.1) is 12.2 Å². The van der Waals surface area contributed by atoms with Gasteiger partial charge in [0.1, 0.15) is 0 Å².